The van der Waals surface area contributed by atoms with E-state index in [1.807, 2.05) is 0 Å². The van der Waals surface area contributed by atoms with Gasteiger partial charge in [0.2, 0.25) is 0 Å². The molecule has 0 unspecified atom stereocenters. The summed E-state index contributed by atoms with van der Waals surface area (Å²) in [7, 11) is 0. The van der Waals surface area contributed by atoms with Gasteiger partial charge in [0.05, 0.1) is 12.4 Å². The summed E-state index contributed by atoms with van der Waals surface area (Å²) in [6.45, 7) is 0. The van der Waals surface area contributed by atoms with Gasteiger partial charge < -0.3 is 20.4 Å². The van der Waals surface area contributed by atoms with E-state index in [1.54, 1.807) is 0 Å². The van der Waals surface area contributed by atoms with Crippen molar-refractivity contribution in [1.29, 1.82) is 0 Å². The monoisotopic (exact) mass is 272 g/mol. The molecule has 0 aliphatic carbocycles. The molecular formula is C14H12N2O4. The predicted octanol–water partition coefficient (Wildman–Crippen LogP) is 1.96. The van der Waals surface area contributed by atoms with Gasteiger partial charge in [-0.3, -0.25) is 0 Å². The number of hydrogen-bond donors (Lipinski definition) is 4. The second-order valence-corrected chi connectivity index (χ2v) is 3.98. The third-order valence-electron chi connectivity index (χ3n) is 2.48. The zero-order valence-electron chi connectivity index (χ0n) is 10.3. The lowest BCUT2D eigenvalue weighted by atomic mass is 10.2. The van der Waals surface area contributed by atoms with Crippen molar-refractivity contribution in [3.05, 3.63) is 47.5 Å². The minimum atomic E-state index is -0.0399. The number of hydrogen-bond acceptors (Lipinski definition) is 6. The van der Waals surface area contributed by atoms with Crippen LogP contribution in [-0.4, -0.2) is 32.9 Å². The Morgan fingerprint density at radius 1 is 0.650 bits per heavy atom. The largest absolute Gasteiger partial charge is 0.508 e. The van der Waals surface area contributed by atoms with Gasteiger partial charge in [-0.05, 0) is 36.4 Å². The van der Waals surface area contributed by atoms with Crippen LogP contribution in [0.25, 0.3) is 0 Å². The first kappa shape index (κ1) is 13.4. The van der Waals surface area contributed by atoms with Crippen LogP contribution in [0.4, 0.5) is 0 Å². The van der Waals surface area contributed by atoms with Gasteiger partial charge in [0.1, 0.15) is 23.0 Å². The van der Waals surface area contributed by atoms with Crippen LogP contribution in [0.3, 0.4) is 0 Å². The third kappa shape index (κ3) is 3.26. The number of phenols is 4. The Morgan fingerprint density at radius 3 is 1.45 bits per heavy atom. The van der Waals surface area contributed by atoms with Gasteiger partial charge >= 0.3 is 0 Å². The molecule has 20 heavy (non-hydrogen) atoms. The van der Waals surface area contributed by atoms with Crippen LogP contribution in [0.5, 0.6) is 23.0 Å². The molecule has 0 fully saturated rings. The minimum Gasteiger partial charge on any atom is -0.508 e. The van der Waals surface area contributed by atoms with Crippen LogP contribution in [-0.2, 0) is 0 Å². The van der Waals surface area contributed by atoms with E-state index in [1.165, 1.54) is 48.8 Å². The zero-order valence-corrected chi connectivity index (χ0v) is 10.3. The van der Waals surface area contributed by atoms with Crippen LogP contribution in [0.15, 0.2) is 46.6 Å². The van der Waals surface area contributed by atoms with Crippen molar-refractivity contribution in [2.24, 2.45) is 10.2 Å². The van der Waals surface area contributed by atoms with E-state index in [-0.39, 0.29) is 23.0 Å². The van der Waals surface area contributed by atoms with Gasteiger partial charge in [-0.25, -0.2) is 0 Å². The Labute approximate surface area is 114 Å². The molecule has 4 N–H and O–H groups in total. The molecule has 0 bridgehead atoms. The standard InChI is InChI=1S/C14H12N2O4/c17-11-1-3-13(19)9(5-11)7-15-16-8-10-6-12(18)2-4-14(10)20/h1-8,17-20H/b15-7+,16-8+. The Hall–Kier alpha value is -3.02. The first-order valence-corrected chi connectivity index (χ1v) is 5.66. The van der Waals surface area contributed by atoms with E-state index in [2.05, 4.69) is 10.2 Å². The molecule has 0 amide bonds. The van der Waals surface area contributed by atoms with Gasteiger partial charge in [-0.2, -0.15) is 10.2 Å². The quantitative estimate of drug-likeness (QED) is 0.389. The van der Waals surface area contributed by atoms with Crippen molar-refractivity contribution in [3.63, 3.8) is 0 Å². The second-order valence-electron chi connectivity index (χ2n) is 3.98. The Morgan fingerprint density at radius 2 is 1.05 bits per heavy atom. The first-order chi connectivity index (χ1) is 9.56. The van der Waals surface area contributed by atoms with Gasteiger partial charge in [0, 0.05) is 11.1 Å². The van der Waals surface area contributed by atoms with Crippen molar-refractivity contribution in [2.45, 2.75) is 0 Å². The highest BCUT2D eigenvalue weighted by atomic mass is 16.3. The molecule has 2 aromatic carbocycles. The van der Waals surface area contributed by atoms with Crippen molar-refractivity contribution < 1.29 is 20.4 Å². The maximum absolute atomic E-state index is 9.50. The molecule has 0 saturated heterocycles. The van der Waals surface area contributed by atoms with Crippen molar-refractivity contribution in [2.75, 3.05) is 0 Å². The molecule has 0 heterocycles. The minimum absolute atomic E-state index is 0.00106. The average Bonchev–Trinajstić information content (AvgIpc) is 2.42. The van der Waals surface area contributed by atoms with Gasteiger partial charge in [0.15, 0.2) is 0 Å². The predicted molar refractivity (Wildman–Crippen MR) is 74.7 cm³/mol. The highest BCUT2D eigenvalue weighted by Gasteiger charge is 2.00. The lowest BCUT2D eigenvalue weighted by Gasteiger charge is -1.98. The molecule has 0 radical (unpaired) electrons. The maximum atomic E-state index is 9.50. The van der Waals surface area contributed by atoms with Crippen molar-refractivity contribution in [3.8, 4) is 23.0 Å². The normalized spacial score (nSPS) is 11.4. The number of aromatic hydroxyl groups is 4. The molecule has 102 valence electrons. The molecule has 2 rings (SSSR count). The lowest BCUT2D eigenvalue weighted by Crippen LogP contribution is -1.83. The number of nitrogens with zero attached hydrogens (tertiary/aromatic N) is 2. The number of rotatable bonds is 3. The summed E-state index contributed by atoms with van der Waals surface area (Å²) in [4.78, 5) is 0. The van der Waals surface area contributed by atoms with E-state index in [9.17, 15) is 20.4 Å². The number of phenolic OH excluding ortho intramolecular Hbond substituents is 4. The SMILES string of the molecule is Oc1ccc(O)c(/C=N/N=C/c2cc(O)ccc2O)c1. The van der Waals surface area contributed by atoms with Crippen molar-refractivity contribution in [1.82, 2.24) is 0 Å². The van der Waals surface area contributed by atoms with E-state index < -0.39 is 0 Å². The summed E-state index contributed by atoms with van der Waals surface area (Å²) in [5.41, 5.74) is 0.615. The first-order valence-electron chi connectivity index (χ1n) is 5.66. The number of benzene rings is 2. The highest BCUT2D eigenvalue weighted by molar-refractivity contribution is 5.86. The zero-order chi connectivity index (χ0) is 14.5. The third-order valence-corrected chi connectivity index (χ3v) is 2.48. The van der Waals surface area contributed by atoms with Crippen LogP contribution >= 0.6 is 0 Å². The molecule has 0 spiro atoms. The fourth-order valence-electron chi connectivity index (χ4n) is 1.48. The molecule has 0 aliphatic heterocycles. The maximum Gasteiger partial charge on any atom is 0.124 e. The van der Waals surface area contributed by atoms with Crippen LogP contribution in [0.1, 0.15) is 11.1 Å². The van der Waals surface area contributed by atoms with Gasteiger partial charge in [-0.15, -0.1) is 0 Å². The Bertz CT molecular complexity index is 621. The van der Waals surface area contributed by atoms with E-state index in [0.717, 1.165) is 0 Å². The summed E-state index contributed by atoms with van der Waals surface area (Å²) >= 11 is 0. The van der Waals surface area contributed by atoms with Crippen LogP contribution in [0, 0.1) is 0 Å². The summed E-state index contributed by atoms with van der Waals surface area (Å²) in [6.07, 6.45) is 2.51. The van der Waals surface area contributed by atoms with E-state index >= 15 is 0 Å². The average molecular weight is 272 g/mol. The molecule has 0 saturated carbocycles. The van der Waals surface area contributed by atoms with Gasteiger partial charge in [-0.1, -0.05) is 0 Å². The van der Waals surface area contributed by atoms with Crippen molar-refractivity contribution >= 4 is 12.4 Å². The van der Waals surface area contributed by atoms with E-state index in [0.29, 0.717) is 11.1 Å². The lowest BCUT2D eigenvalue weighted by molar-refractivity contribution is 0.459. The van der Waals surface area contributed by atoms with Gasteiger partial charge in [0.25, 0.3) is 0 Å². The fourth-order valence-corrected chi connectivity index (χ4v) is 1.48. The van der Waals surface area contributed by atoms with Crippen LogP contribution in [0.2, 0.25) is 0 Å². The summed E-state index contributed by atoms with van der Waals surface area (Å²) in [5.74, 6) is -0.0818. The molecule has 0 aliphatic rings. The fraction of sp³-hybridized carbons (Fsp3) is 0. The van der Waals surface area contributed by atoms with E-state index in [4.69, 9.17) is 0 Å². The second kappa shape index (κ2) is 5.75. The Balaban J connectivity index is 2.15. The van der Waals surface area contributed by atoms with Crippen LogP contribution < -0.4 is 0 Å². The highest BCUT2D eigenvalue weighted by Crippen LogP contribution is 2.21. The summed E-state index contributed by atoms with van der Waals surface area (Å²) < 4.78 is 0. The molecular weight excluding hydrogens is 260 g/mol. The topological polar surface area (TPSA) is 106 Å². The molecule has 0 aromatic heterocycles. The smallest absolute Gasteiger partial charge is 0.124 e. The summed E-state index contributed by atoms with van der Waals surface area (Å²) in [5, 5.41) is 44.9. The molecule has 6 nitrogen and oxygen atoms in total. The molecule has 2 aromatic rings. The molecule has 6 heteroatoms. The Kier molecular flexibility index (Phi) is 3.85. The summed E-state index contributed by atoms with van der Waals surface area (Å²) in [6, 6.07) is 8.03. The molecule has 0 atom stereocenters.